The largest absolute Gasteiger partial charge is 0.481 e. The van der Waals surface area contributed by atoms with Gasteiger partial charge in [0, 0.05) is 0 Å². The number of ether oxygens (including phenoxy) is 1. The molecule has 1 heterocycles. The summed E-state index contributed by atoms with van der Waals surface area (Å²) in [6.07, 6.45) is 0.786. The van der Waals surface area contributed by atoms with Crippen LogP contribution < -0.4 is 10.1 Å². The van der Waals surface area contributed by atoms with Crippen molar-refractivity contribution in [3.63, 3.8) is 0 Å². The number of hydrogen-bond acceptors (Lipinski definition) is 4. The predicted octanol–water partition coefficient (Wildman–Crippen LogP) is 2.63. The van der Waals surface area contributed by atoms with Gasteiger partial charge in [-0.1, -0.05) is 23.7 Å². The molecule has 21 heavy (non-hydrogen) atoms. The summed E-state index contributed by atoms with van der Waals surface area (Å²) in [6, 6.07) is 10.2. The number of aliphatic hydroxyl groups excluding tert-OH is 1. The number of aromatic nitrogens is 1. The molecule has 0 aliphatic heterocycles. The summed E-state index contributed by atoms with van der Waals surface area (Å²) in [5, 5.41) is 12.1. The summed E-state index contributed by atoms with van der Waals surface area (Å²) < 4.78 is 5.54. The van der Waals surface area contributed by atoms with E-state index in [4.69, 9.17) is 21.4 Å². The third kappa shape index (κ3) is 4.44. The lowest BCUT2D eigenvalue weighted by molar-refractivity contribution is -0.122. The molecule has 5 nitrogen and oxygen atoms in total. The lowest BCUT2D eigenvalue weighted by Gasteiger charge is -2.15. The SMILES string of the molecule is CC(Oc1cccc(CO)c1)C(=O)Nc1ccc(Cl)nc1. The fourth-order valence-electron chi connectivity index (χ4n) is 1.67. The third-order valence-corrected chi connectivity index (χ3v) is 2.98. The third-order valence-electron chi connectivity index (χ3n) is 2.76. The van der Waals surface area contributed by atoms with Crippen molar-refractivity contribution in [2.75, 3.05) is 5.32 Å². The Bertz CT molecular complexity index is 617. The molecule has 1 atom stereocenters. The molecule has 0 saturated carbocycles. The molecule has 2 aromatic rings. The van der Waals surface area contributed by atoms with Gasteiger partial charge in [0.1, 0.15) is 10.9 Å². The van der Waals surface area contributed by atoms with Crippen LogP contribution in [0.5, 0.6) is 5.75 Å². The summed E-state index contributed by atoms with van der Waals surface area (Å²) in [6.45, 7) is 1.57. The highest BCUT2D eigenvalue weighted by Crippen LogP contribution is 2.16. The van der Waals surface area contributed by atoms with Gasteiger partial charge in [-0.15, -0.1) is 0 Å². The number of benzene rings is 1. The number of hydrogen-bond donors (Lipinski definition) is 2. The van der Waals surface area contributed by atoms with Gasteiger partial charge >= 0.3 is 0 Å². The Kier molecular flexibility index (Phi) is 5.14. The number of nitrogens with zero attached hydrogens (tertiary/aromatic N) is 1. The minimum Gasteiger partial charge on any atom is -0.481 e. The van der Waals surface area contributed by atoms with Crippen molar-refractivity contribution in [2.45, 2.75) is 19.6 Å². The van der Waals surface area contributed by atoms with Crippen LogP contribution in [0, 0.1) is 0 Å². The first-order valence-electron chi connectivity index (χ1n) is 6.37. The number of anilines is 1. The number of aliphatic hydroxyl groups is 1. The molecule has 0 radical (unpaired) electrons. The molecule has 2 rings (SSSR count). The number of carbonyl (C=O) groups is 1. The molecule has 0 aliphatic carbocycles. The Hall–Kier alpha value is -2.11. The highest BCUT2D eigenvalue weighted by Gasteiger charge is 2.15. The zero-order valence-electron chi connectivity index (χ0n) is 11.4. The van der Waals surface area contributed by atoms with Crippen molar-refractivity contribution in [2.24, 2.45) is 0 Å². The number of amides is 1. The number of rotatable bonds is 5. The van der Waals surface area contributed by atoms with Crippen molar-refractivity contribution < 1.29 is 14.6 Å². The fraction of sp³-hybridized carbons (Fsp3) is 0.200. The average Bonchev–Trinajstić information content (AvgIpc) is 2.49. The molecule has 0 bridgehead atoms. The molecular weight excluding hydrogens is 292 g/mol. The quantitative estimate of drug-likeness (QED) is 0.833. The summed E-state index contributed by atoms with van der Waals surface area (Å²) in [5.41, 5.74) is 1.27. The molecule has 0 fully saturated rings. The van der Waals surface area contributed by atoms with Gasteiger partial charge in [-0.25, -0.2) is 4.98 Å². The zero-order valence-corrected chi connectivity index (χ0v) is 12.2. The second-order valence-electron chi connectivity index (χ2n) is 4.42. The summed E-state index contributed by atoms with van der Waals surface area (Å²) >= 11 is 5.68. The van der Waals surface area contributed by atoms with E-state index in [0.717, 1.165) is 5.56 Å². The number of carbonyl (C=O) groups excluding carboxylic acids is 1. The van der Waals surface area contributed by atoms with Gasteiger partial charge in [-0.3, -0.25) is 4.79 Å². The molecule has 1 aromatic heterocycles. The van der Waals surface area contributed by atoms with Crippen molar-refractivity contribution >= 4 is 23.2 Å². The van der Waals surface area contributed by atoms with Gasteiger partial charge in [0.15, 0.2) is 6.10 Å². The maximum atomic E-state index is 12.0. The molecule has 0 saturated heterocycles. The fourth-order valence-corrected chi connectivity index (χ4v) is 1.78. The standard InChI is InChI=1S/C15H15ClN2O3/c1-10(21-13-4-2-3-11(7-13)9-19)15(20)18-12-5-6-14(16)17-8-12/h2-8,10,19H,9H2,1H3,(H,18,20). The number of nitrogens with one attached hydrogen (secondary N) is 1. The molecule has 0 aliphatic rings. The normalized spacial score (nSPS) is 11.8. The van der Waals surface area contributed by atoms with Crippen LogP contribution in [0.1, 0.15) is 12.5 Å². The van der Waals surface area contributed by atoms with Gasteiger partial charge < -0.3 is 15.2 Å². The predicted molar refractivity (Wildman–Crippen MR) is 80.3 cm³/mol. The van der Waals surface area contributed by atoms with Crippen LogP contribution in [0.2, 0.25) is 5.15 Å². The highest BCUT2D eigenvalue weighted by atomic mass is 35.5. The van der Waals surface area contributed by atoms with Crippen LogP contribution in [0.25, 0.3) is 0 Å². The van der Waals surface area contributed by atoms with E-state index in [1.165, 1.54) is 6.20 Å². The smallest absolute Gasteiger partial charge is 0.265 e. The van der Waals surface area contributed by atoms with Crippen molar-refractivity contribution in [1.29, 1.82) is 0 Å². The van der Waals surface area contributed by atoms with E-state index in [-0.39, 0.29) is 12.5 Å². The van der Waals surface area contributed by atoms with E-state index in [9.17, 15) is 4.79 Å². The topological polar surface area (TPSA) is 71.5 Å². The number of pyridine rings is 1. The second kappa shape index (κ2) is 7.06. The van der Waals surface area contributed by atoms with Gasteiger partial charge in [0.25, 0.3) is 5.91 Å². The van der Waals surface area contributed by atoms with Crippen LogP contribution in [0.4, 0.5) is 5.69 Å². The lowest BCUT2D eigenvalue weighted by atomic mass is 10.2. The van der Waals surface area contributed by atoms with E-state index in [2.05, 4.69) is 10.3 Å². The van der Waals surface area contributed by atoms with Gasteiger partial charge in [-0.2, -0.15) is 0 Å². The van der Waals surface area contributed by atoms with Crippen LogP contribution in [-0.2, 0) is 11.4 Å². The van der Waals surface area contributed by atoms with E-state index in [0.29, 0.717) is 16.6 Å². The van der Waals surface area contributed by atoms with E-state index in [1.807, 2.05) is 0 Å². The molecule has 2 N–H and O–H groups in total. The molecule has 110 valence electrons. The number of halogens is 1. The Balaban J connectivity index is 1.97. The van der Waals surface area contributed by atoms with Crippen LogP contribution in [-0.4, -0.2) is 22.1 Å². The van der Waals surface area contributed by atoms with Crippen molar-refractivity contribution in [3.8, 4) is 5.75 Å². The Morgan fingerprint density at radius 3 is 2.90 bits per heavy atom. The second-order valence-corrected chi connectivity index (χ2v) is 4.81. The summed E-state index contributed by atoms with van der Waals surface area (Å²) in [5.74, 6) is 0.229. The van der Waals surface area contributed by atoms with Gasteiger partial charge in [0.2, 0.25) is 0 Å². The monoisotopic (exact) mass is 306 g/mol. The Morgan fingerprint density at radius 1 is 1.43 bits per heavy atom. The highest BCUT2D eigenvalue weighted by molar-refractivity contribution is 6.29. The van der Waals surface area contributed by atoms with Gasteiger partial charge in [0.05, 0.1) is 18.5 Å². The minimum atomic E-state index is -0.686. The first-order valence-corrected chi connectivity index (χ1v) is 6.75. The van der Waals surface area contributed by atoms with Crippen LogP contribution in [0.15, 0.2) is 42.6 Å². The summed E-state index contributed by atoms with van der Waals surface area (Å²) in [4.78, 5) is 15.9. The van der Waals surface area contributed by atoms with E-state index >= 15 is 0 Å². The van der Waals surface area contributed by atoms with E-state index < -0.39 is 6.10 Å². The molecule has 1 amide bonds. The van der Waals surface area contributed by atoms with E-state index in [1.54, 1.807) is 43.3 Å². The Labute approximate surface area is 127 Å². The lowest BCUT2D eigenvalue weighted by Crippen LogP contribution is -2.30. The molecule has 6 heteroatoms. The molecular formula is C15H15ClN2O3. The Morgan fingerprint density at radius 2 is 2.24 bits per heavy atom. The first-order chi connectivity index (χ1) is 10.1. The van der Waals surface area contributed by atoms with Crippen molar-refractivity contribution in [1.82, 2.24) is 4.98 Å². The maximum absolute atomic E-state index is 12.0. The molecule has 1 aromatic carbocycles. The van der Waals surface area contributed by atoms with Gasteiger partial charge in [-0.05, 0) is 36.8 Å². The van der Waals surface area contributed by atoms with Crippen molar-refractivity contribution in [3.05, 3.63) is 53.3 Å². The van der Waals surface area contributed by atoms with Crippen LogP contribution >= 0.6 is 11.6 Å². The maximum Gasteiger partial charge on any atom is 0.265 e. The first kappa shape index (κ1) is 15.3. The average molecular weight is 307 g/mol. The van der Waals surface area contributed by atoms with Crippen LogP contribution in [0.3, 0.4) is 0 Å². The molecule has 0 spiro atoms. The zero-order chi connectivity index (χ0) is 15.2. The molecule has 1 unspecified atom stereocenters. The summed E-state index contributed by atoms with van der Waals surface area (Å²) in [7, 11) is 0. The minimum absolute atomic E-state index is 0.0752.